The number of carbonyl (C=O) groups excluding carboxylic acids is 2. The van der Waals surface area contributed by atoms with Crippen LogP contribution in [0.15, 0.2) is 42.5 Å². The van der Waals surface area contributed by atoms with E-state index in [9.17, 15) is 9.59 Å². The quantitative estimate of drug-likeness (QED) is 0.807. The summed E-state index contributed by atoms with van der Waals surface area (Å²) in [6.07, 6.45) is 5.44. The Morgan fingerprint density at radius 3 is 2.34 bits per heavy atom. The van der Waals surface area contributed by atoms with E-state index in [1.54, 1.807) is 0 Å². The predicted octanol–water partition coefficient (Wildman–Crippen LogP) is 3.14. The van der Waals surface area contributed by atoms with Crippen LogP contribution in [-0.2, 0) is 4.79 Å². The van der Waals surface area contributed by atoms with E-state index in [4.69, 9.17) is 0 Å². The largest absolute Gasteiger partial charge is 0.342 e. The minimum absolute atomic E-state index is 0.000141. The number of fused-ring (bicyclic) bond motifs is 1. The van der Waals surface area contributed by atoms with Gasteiger partial charge < -0.3 is 9.80 Å². The van der Waals surface area contributed by atoms with Gasteiger partial charge >= 0.3 is 0 Å². The second-order valence-corrected chi connectivity index (χ2v) is 8.88. The molecule has 5 rings (SSSR count). The van der Waals surface area contributed by atoms with Gasteiger partial charge in [0.25, 0.3) is 5.91 Å². The highest BCUT2D eigenvalue weighted by molar-refractivity contribution is 5.98. The van der Waals surface area contributed by atoms with E-state index in [-0.39, 0.29) is 17.4 Å². The number of benzene rings is 2. The predicted molar refractivity (Wildman–Crippen MR) is 114 cm³/mol. The molecule has 3 fully saturated rings. The Labute approximate surface area is 172 Å². The third-order valence-electron chi connectivity index (χ3n) is 7.14. The summed E-state index contributed by atoms with van der Waals surface area (Å²) in [6, 6.07) is 14.1. The number of nitrogens with zero attached hydrogens (tertiary/aromatic N) is 3. The first-order valence-electron chi connectivity index (χ1n) is 11.0. The van der Waals surface area contributed by atoms with E-state index in [0.29, 0.717) is 6.54 Å². The molecule has 2 amide bonds. The minimum atomic E-state index is 0.000141. The summed E-state index contributed by atoms with van der Waals surface area (Å²) in [5, 5.41) is 2.26. The molecule has 3 saturated heterocycles. The molecule has 0 N–H and O–H groups in total. The lowest BCUT2D eigenvalue weighted by Gasteiger charge is -2.57. The second-order valence-electron chi connectivity index (χ2n) is 8.88. The van der Waals surface area contributed by atoms with Crippen LogP contribution in [0.4, 0.5) is 0 Å². The van der Waals surface area contributed by atoms with Crippen LogP contribution >= 0.6 is 0 Å². The second kappa shape index (κ2) is 7.45. The molecule has 3 aliphatic heterocycles. The van der Waals surface area contributed by atoms with E-state index in [0.717, 1.165) is 81.2 Å². The standard InChI is InChI=1S/C24H29N3O2/c28-22(25-12-3-4-13-25)17-27-15-11-24(27)10-5-14-26(18-24)23(29)21-9-8-19-6-1-2-7-20(19)16-21/h1-2,6-9,16H,3-5,10-15,17-18H2/t24-/m0/s1. The van der Waals surface area contributed by atoms with Crippen molar-refractivity contribution >= 4 is 22.6 Å². The topological polar surface area (TPSA) is 43.9 Å². The van der Waals surface area contributed by atoms with Gasteiger partial charge in [-0.15, -0.1) is 0 Å². The van der Waals surface area contributed by atoms with Gasteiger partial charge in [0.1, 0.15) is 0 Å². The van der Waals surface area contributed by atoms with Crippen LogP contribution in [0.3, 0.4) is 0 Å². The number of hydrogen-bond acceptors (Lipinski definition) is 3. The molecular formula is C24H29N3O2. The van der Waals surface area contributed by atoms with E-state index < -0.39 is 0 Å². The normalized spacial score (nSPS) is 24.8. The van der Waals surface area contributed by atoms with Crippen molar-refractivity contribution in [3.63, 3.8) is 0 Å². The number of piperidine rings is 1. The molecular weight excluding hydrogens is 362 g/mol. The Morgan fingerprint density at radius 2 is 1.59 bits per heavy atom. The van der Waals surface area contributed by atoms with Crippen molar-refractivity contribution < 1.29 is 9.59 Å². The lowest BCUT2D eigenvalue weighted by molar-refractivity contribution is -0.138. The average Bonchev–Trinajstić information content (AvgIpc) is 3.31. The minimum Gasteiger partial charge on any atom is -0.342 e. The molecule has 5 heteroatoms. The summed E-state index contributed by atoms with van der Waals surface area (Å²) < 4.78 is 0. The summed E-state index contributed by atoms with van der Waals surface area (Å²) in [6.45, 7) is 4.85. The summed E-state index contributed by atoms with van der Waals surface area (Å²) in [4.78, 5) is 32.2. The Balaban J connectivity index is 1.29. The Hall–Kier alpha value is -2.40. The lowest BCUT2D eigenvalue weighted by atomic mass is 9.77. The van der Waals surface area contributed by atoms with Crippen LogP contribution < -0.4 is 0 Å². The van der Waals surface area contributed by atoms with Crippen LogP contribution in [0.25, 0.3) is 10.8 Å². The van der Waals surface area contributed by atoms with Crippen LogP contribution in [0.1, 0.15) is 42.5 Å². The fourth-order valence-corrected chi connectivity index (χ4v) is 5.32. The highest BCUT2D eigenvalue weighted by Crippen LogP contribution is 2.39. The Morgan fingerprint density at radius 1 is 0.828 bits per heavy atom. The van der Waals surface area contributed by atoms with Gasteiger partial charge in [-0.1, -0.05) is 30.3 Å². The third kappa shape index (κ3) is 3.42. The van der Waals surface area contributed by atoms with Crippen molar-refractivity contribution in [2.75, 3.05) is 39.3 Å². The number of amides is 2. The first-order valence-corrected chi connectivity index (χ1v) is 11.0. The van der Waals surface area contributed by atoms with Gasteiger partial charge in [0.15, 0.2) is 0 Å². The van der Waals surface area contributed by atoms with Crippen molar-refractivity contribution in [3.05, 3.63) is 48.0 Å². The third-order valence-corrected chi connectivity index (χ3v) is 7.14. The molecule has 0 radical (unpaired) electrons. The van der Waals surface area contributed by atoms with Gasteiger partial charge in [-0.05, 0) is 55.0 Å². The first-order chi connectivity index (χ1) is 14.1. The van der Waals surface area contributed by atoms with Gasteiger partial charge in [0.05, 0.1) is 6.54 Å². The fraction of sp³-hybridized carbons (Fsp3) is 0.500. The highest BCUT2D eigenvalue weighted by atomic mass is 16.2. The SMILES string of the molecule is O=C(CN1CC[C@]12CCCN(C(=O)c1ccc3ccccc3c1)C2)N1CCCC1. The van der Waals surface area contributed by atoms with Crippen LogP contribution in [-0.4, -0.2) is 71.3 Å². The maximum Gasteiger partial charge on any atom is 0.253 e. The first kappa shape index (κ1) is 18.6. The molecule has 152 valence electrons. The molecule has 5 nitrogen and oxygen atoms in total. The molecule has 1 spiro atoms. The molecule has 3 aliphatic rings. The molecule has 0 saturated carbocycles. The molecule has 0 aliphatic carbocycles. The van der Waals surface area contributed by atoms with E-state index in [2.05, 4.69) is 17.0 Å². The number of hydrogen-bond donors (Lipinski definition) is 0. The summed E-state index contributed by atoms with van der Waals surface area (Å²) in [5.74, 6) is 0.382. The molecule has 2 aromatic carbocycles. The van der Waals surface area contributed by atoms with E-state index in [1.807, 2.05) is 40.1 Å². The molecule has 0 unspecified atom stereocenters. The monoisotopic (exact) mass is 391 g/mol. The van der Waals surface area contributed by atoms with Gasteiger partial charge in [0.2, 0.25) is 5.91 Å². The average molecular weight is 392 g/mol. The zero-order valence-electron chi connectivity index (χ0n) is 17.0. The Kier molecular flexibility index (Phi) is 4.78. The molecule has 2 aromatic rings. The zero-order chi connectivity index (χ0) is 19.8. The van der Waals surface area contributed by atoms with Gasteiger partial charge in [-0.3, -0.25) is 14.5 Å². The molecule has 0 bridgehead atoms. The highest BCUT2D eigenvalue weighted by Gasteiger charge is 2.48. The van der Waals surface area contributed by atoms with Crippen molar-refractivity contribution in [3.8, 4) is 0 Å². The number of rotatable bonds is 3. The summed E-state index contributed by atoms with van der Waals surface area (Å²) >= 11 is 0. The molecule has 3 heterocycles. The summed E-state index contributed by atoms with van der Waals surface area (Å²) in [5.41, 5.74) is 0.764. The maximum absolute atomic E-state index is 13.2. The van der Waals surface area contributed by atoms with Crippen LogP contribution in [0.5, 0.6) is 0 Å². The van der Waals surface area contributed by atoms with Gasteiger partial charge in [0, 0.05) is 43.8 Å². The molecule has 1 atom stereocenters. The smallest absolute Gasteiger partial charge is 0.253 e. The van der Waals surface area contributed by atoms with E-state index in [1.165, 1.54) is 0 Å². The Bertz CT molecular complexity index is 937. The summed E-state index contributed by atoms with van der Waals surface area (Å²) in [7, 11) is 0. The number of likely N-dealkylation sites (tertiary alicyclic amines) is 3. The van der Waals surface area contributed by atoms with Crippen molar-refractivity contribution in [2.24, 2.45) is 0 Å². The van der Waals surface area contributed by atoms with Crippen molar-refractivity contribution in [1.29, 1.82) is 0 Å². The fourth-order valence-electron chi connectivity index (χ4n) is 5.32. The van der Waals surface area contributed by atoms with Gasteiger partial charge in [-0.25, -0.2) is 0 Å². The maximum atomic E-state index is 13.2. The number of carbonyl (C=O) groups is 2. The van der Waals surface area contributed by atoms with Crippen LogP contribution in [0.2, 0.25) is 0 Å². The lowest BCUT2D eigenvalue weighted by Crippen LogP contribution is -2.68. The molecule has 29 heavy (non-hydrogen) atoms. The van der Waals surface area contributed by atoms with Crippen LogP contribution in [0, 0.1) is 0 Å². The van der Waals surface area contributed by atoms with E-state index >= 15 is 0 Å². The van der Waals surface area contributed by atoms with Crippen molar-refractivity contribution in [1.82, 2.24) is 14.7 Å². The van der Waals surface area contributed by atoms with Gasteiger partial charge in [-0.2, -0.15) is 0 Å². The zero-order valence-corrected chi connectivity index (χ0v) is 17.0. The van der Waals surface area contributed by atoms with Crippen molar-refractivity contribution in [2.45, 2.75) is 37.6 Å². The molecule has 0 aromatic heterocycles.